The lowest BCUT2D eigenvalue weighted by molar-refractivity contribution is -0.142. The van der Waals surface area contributed by atoms with Gasteiger partial charge in [-0.3, -0.25) is 4.79 Å². The largest absolute Gasteiger partial charge is 0.497 e. The molecule has 27 heavy (non-hydrogen) atoms. The quantitative estimate of drug-likeness (QED) is 0.482. The lowest BCUT2D eigenvalue weighted by Crippen LogP contribution is -2.21. The lowest BCUT2D eigenvalue weighted by atomic mass is 10.1. The van der Waals surface area contributed by atoms with Crippen molar-refractivity contribution in [2.75, 3.05) is 19.0 Å². The summed E-state index contributed by atoms with van der Waals surface area (Å²) in [4.78, 5) is 24.1. The van der Waals surface area contributed by atoms with Crippen molar-refractivity contribution in [3.63, 3.8) is 0 Å². The van der Waals surface area contributed by atoms with Gasteiger partial charge in [0.15, 0.2) is 6.61 Å². The maximum absolute atomic E-state index is 12.1. The third-order valence-electron chi connectivity index (χ3n) is 3.77. The summed E-state index contributed by atoms with van der Waals surface area (Å²) in [6.45, 7) is 3.30. The van der Waals surface area contributed by atoms with E-state index in [9.17, 15) is 14.9 Å². The van der Waals surface area contributed by atoms with Gasteiger partial charge >= 0.3 is 5.97 Å². The number of aryl methyl sites for hydroxylation is 2. The Balaban J connectivity index is 1.97. The Kier molecular flexibility index (Phi) is 6.73. The molecule has 0 aliphatic rings. The van der Waals surface area contributed by atoms with E-state index in [0.29, 0.717) is 17.0 Å². The summed E-state index contributed by atoms with van der Waals surface area (Å²) in [6, 6.07) is 14.3. The first-order chi connectivity index (χ1) is 12.9. The Labute approximate surface area is 158 Å². The fraction of sp³-hybridized carbons (Fsp3) is 0.190. The number of benzene rings is 2. The standard InChI is InChI=1S/C21H20N2O4/c1-14-4-5-15(2)19(10-14)23-20(24)13-27-21(25)17(12-22)11-16-6-8-18(26-3)9-7-16/h4-11H,13H2,1-3H3,(H,23,24)/b17-11+. The fourth-order valence-electron chi connectivity index (χ4n) is 2.27. The van der Waals surface area contributed by atoms with Crippen molar-refractivity contribution in [2.45, 2.75) is 13.8 Å². The molecule has 0 heterocycles. The van der Waals surface area contributed by atoms with E-state index >= 15 is 0 Å². The van der Waals surface area contributed by atoms with E-state index in [1.165, 1.54) is 6.08 Å². The molecular formula is C21H20N2O4. The number of hydrogen-bond acceptors (Lipinski definition) is 5. The Morgan fingerprint density at radius 1 is 1.15 bits per heavy atom. The molecule has 0 saturated carbocycles. The molecule has 0 radical (unpaired) electrons. The molecule has 0 aliphatic carbocycles. The molecule has 0 bridgehead atoms. The maximum Gasteiger partial charge on any atom is 0.349 e. The summed E-state index contributed by atoms with van der Waals surface area (Å²) in [7, 11) is 1.55. The number of carbonyl (C=O) groups excluding carboxylic acids is 2. The van der Waals surface area contributed by atoms with Gasteiger partial charge in [-0.05, 0) is 54.8 Å². The minimum atomic E-state index is -0.857. The Hall–Kier alpha value is -3.59. The highest BCUT2D eigenvalue weighted by atomic mass is 16.5. The number of nitriles is 1. The van der Waals surface area contributed by atoms with Gasteiger partial charge in [-0.2, -0.15) is 5.26 Å². The van der Waals surface area contributed by atoms with Gasteiger partial charge in [0.05, 0.1) is 7.11 Å². The minimum absolute atomic E-state index is 0.195. The third kappa shape index (κ3) is 5.72. The van der Waals surface area contributed by atoms with Crippen LogP contribution < -0.4 is 10.1 Å². The van der Waals surface area contributed by atoms with Gasteiger partial charge in [0.25, 0.3) is 5.91 Å². The number of esters is 1. The predicted octanol–water partition coefficient (Wildman–Crippen LogP) is 3.40. The van der Waals surface area contributed by atoms with Crippen LogP contribution in [0.3, 0.4) is 0 Å². The average Bonchev–Trinajstić information content (AvgIpc) is 2.67. The molecule has 0 atom stereocenters. The zero-order valence-electron chi connectivity index (χ0n) is 15.4. The van der Waals surface area contributed by atoms with Crippen LogP contribution in [0.1, 0.15) is 16.7 Å². The molecule has 0 unspecified atom stereocenters. The summed E-state index contributed by atoms with van der Waals surface area (Å²) < 4.78 is 10.0. The van der Waals surface area contributed by atoms with E-state index in [0.717, 1.165) is 11.1 Å². The van der Waals surface area contributed by atoms with Gasteiger partial charge in [0.2, 0.25) is 0 Å². The van der Waals surface area contributed by atoms with Gasteiger partial charge in [-0.15, -0.1) is 0 Å². The van der Waals surface area contributed by atoms with Crippen LogP contribution in [0.5, 0.6) is 5.75 Å². The molecule has 6 nitrogen and oxygen atoms in total. The van der Waals surface area contributed by atoms with Crippen LogP contribution in [0.25, 0.3) is 6.08 Å². The smallest absolute Gasteiger partial charge is 0.349 e. The van der Waals surface area contributed by atoms with E-state index in [1.807, 2.05) is 32.0 Å². The zero-order valence-corrected chi connectivity index (χ0v) is 15.4. The topological polar surface area (TPSA) is 88.4 Å². The van der Waals surface area contributed by atoms with Crippen LogP contribution in [-0.2, 0) is 14.3 Å². The van der Waals surface area contributed by atoms with E-state index in [-0.39, 0.29) is 5.57 Å². The molecule has 6 heteroatoms. The molecule has 1 amide bonds. The molecule has 0 aromatic heterocycles. The first-order valence-electron chi connectivity index (χ1n) is 8.23. The second-order valence-corrected chi connectivity index (χ2v) is 5.89. The van der Waals surface area contributed by atoms with Crippen molar-refractivity contribution in [3.05, 3.63) is 64.7 Å². The number of amides is 1. The van der Waals surface area contributed by atoms with Crippen molar-refractivity contribution in [2.24, 2.45) is 0 Å². The number of hydrogen-bond donors (Lipinski definition) is 1. The van der Waals surface area contributed by atoms with Crippen LogP contribution in [0.15, 0.2) is 48.0 Å². The Morgan fingerprint density at radius 2 is 1.85 bits per heavy atom. The first kappa shape index (κ1) is 19.7. The molecule has 138 valence electrons. The van der Waals surface area contributed by atoms with Crippen molar-refractivity contribution in [3.8, 4) is 11.8 Å². The first-order valence-corrected chi connectivity index (χ1v) is 8.23. The van der Waals surface area contributed by atoms with E-state index in [2.05, 4.69) is 5.32 Å². The molecule has 2 rings (SSSR count). The van der Waals surface area contributed by atoms with Gasteiger partial charge in [-0.1, -0.05) is 24.3 Å². The number of nitrogens with zero attached hydrogens (tertiary/aromatic N) is 1. The number of methoxy groups -OCH3 is 1. The number of carbonyl (C=O) groups is 2. The number of nitrogens with one attached hydrogen (secondary N) is 1. The summed E-state index contributed by atoms with van der Waals surface area (Å²) in [6.07, 6.45) is 1.39. The van der Waals surface area contributed by atoms with Crippen molar-refractivity contribution in [1.82, 2.24) is 0 Å². The monoisotopic (exact) mass is 364 g/mol. The highest BCUT2D eigenvalue weighted by molar-refractivity contribution is 6.00. The van der Waals surface area contributed by atoms with Crippen LogP contribution in [0, 0.1) is 25.2 Å². The minimum Gasteiger partial charge on any atom is -0.497 e. The Bertz CT molecular complexity index is 909. The van der Waals surface area contributed by atoms with E-state index in [1.54, 1.807) is 37.4 Å². The van der Waals surface area contributed by atoms with Crippen LogP contribution >= 0.6 is 0 Å². The lowest BCUT2D eigenvalue weighted by Gasteiger charge is -2.09. The molecule has 1 N–H and O–H groups in total. The van der Waals surface area contributed by atoms with Crippen molar-refractivity contribution in [1.29, 1.82) is 5.26 Å². The van der Waals surface area contributed by atoms with E-state index < -0.39 is 18.5 Å². The van der Waals surface area contributed by atoms with Gasteiger partial charge < -0.3 is 14.8 Å². The highest BCUT2D eigenvalue weighted by Crippen LogP contribution is 2.17. The SMILES string of the molecule is COc1ccc(/C=C(\C#N)C(=O)OCC(=O)Nc2cc(C)ccc2C)cc1. The average molecular weight is 364 g/mol. The zero-order chi connectivity index (χ0) is 19.8. The van der Waals surface area contributed by atoms with Crippen molar-refractivity contribution < 1.29 is 19.1 Å². The summed E-state index contributed by atoms with van der Waals surface area (Å²) in [5, 5.41) is 11.9. The summed E-state index contributed by atoms with van der Waals surface area (Å²) in [5.74, 6) is -0.667. The van der Waals surface area contributed by atoms with Gasteiger partial charge in [0, 0.05) is 5.69 Å². The van der Waals surface area contributed by atoms with Gasteiger partial charge in [-0.25, -0.2) is 4.79 Å². The summed E-state index contributed by atoms with van der Waals surface area (Å²) >= 11 is 0. The normalized spacial score (nSPS) is 10.7. The second kappa shape index (κ2) is 9.20. The molecule has 2 aromatic rings. The molecule has 0 fully saturated rings. The molecule has 0 aliphatic heterocycles. The van der Waals surface area contributed by atoms with Gasteiger partial charge in [0.1, 0.15) is 17.4 Å². The number of rotatable bonds is 6. The molecule has 2 aromatic carbocycles. The predicted molar refractivity (Wildman–Crippen MR) is 102 cm³/mol. The Morgan fingerprint density at radius 3 is 2.48 bits per heavy atom. The summed E-state index contributed by atoms with van der Waals surface area (Å²) in [5.41, 5.74) is 3.01. The highest BCUT2D eigenvalue weighted by Gasteiger charge is 2.14. The number of ether oxygens (including phenoxy) is 2. The molecule has 0 saturated heterocycles. The second-order valence-electron chi connectivity index (χ2n) is 5.89. The maximum atomic E-state index is 12.1. The van der Waals surface area contributed by atoms with Crippen LogP contribution in [0.4, 0.5) is 5.69 Å². The molecular weight excluding hydrogens is 344 g/mol. The number of anilines is 1. The van der Waals surface area contributed by atoms with Crippen molar-refractivity contribution >= 4 is 23.6 Å². The molecule has 0 spiro atoms. The fourth-order valence-corrected chi connectivity index (χ4v) is 2.27. The van der Waals surface area contributed by atoms with Crippen LogP contribution in [-0.4, -0.2) is 25.6 Å². The third-order valence-corrected chi connectivity index (χ3v) is 3.77. The van der Waals surface area contributed by atoms with E-state index in [4.69, 9.17) is 9.47 Å². The van der Waals surface area contributed by atoms with Crippen LogP contribution in [0.2, 0.25) is 0 Å².